The summed E-state index contributed by atoms with van der Waals surface area (Å²) in [6.45, 7) is -0.103. The Kier molecular flexibility index (Phi) is 6.60. The number of nitrogens with two attached hydrogens (primary N) is 1. The third kappa shape index (κ3) is 7.85. The molecule has 114 valence electrons. The van der Waals surface area contributed by atoms with E-state index in [1.165, 1.54) is 0 Å². The molecule has 7 heteroatoms. The van der Waals surface area contributed by atoms with Crippen molar-refractivity contribution in [2.45, 2.75) is 25.1 Å². The molecule has 0 radical (unpaired) electrons. The minimum Gasteiger partial charge on any atom is -0.491 e. The highest BCUT2D eigenvalue weighted by Gasteiger charge is 2.25. The highest BCUT2D eigenvalue weighted by molar-refractivity contribution is 5.41. The van der Waals surface area contributed by atoms with Crippen molar-refractivity contribution < 1.29 is 27.8 Å². The highest BCUT2D eigenvalue weighted by atomic mass is 19.4. The van der Waals surface area contributed by atoms with Gasteiger partial charge in [0.1, 0.15) is 18.5 Å². The maximum atomic E-state index is 11.8. The van der Waals surface area contributed by atoms with E-state index in [0.29, 0.717) is 11.4 Å². The molecule has 1 unspecified atom stereocenters. The van der Waals surface area contributed by atoms with Gasteiger partial charge in [0.05, 0.1) is 6.61 Å². The molecule has 20 heavy (non-hydrogen) atoms. The number of aliphatic hydroxyl groups excluding tert-OH is 1. The summed E-state index contributed by atoms with van der Waals surface area (Å²) in [6.07, 6.45) is -6.06. The van der Waals surface area contributed by atoms with Gasteiger partial charge in [0.25, 0.3) is 0 Å². The van der Waals surface area contributed by atoms with Crippen LogP contribution in [-0.4, -0.2) is 37.2 Å². The van der Waals surface area contributed by atoms with E-state index in [2.05, 4.69) is 0 Å². The monoisotopic (exact) mass is 293 g/mol. The smallest absolute Gasteiger partial charge is 0.389 e. The first-order valence-corrected chi connectivity index (χ1v) is 6.18. The van der Waals surface area contributed by atoms with Gasteiger partial charge in [-0.15, -0.1) is 0 Å². The molecule has 0 saturated carbocycles. The number of halogens is 3. The predicted molar refractivity (Wildman–Crippen MR) is 68.5 cm³/mol. The Hall–Kier alpha value is -1.47. The predicted octanol–water partition coefficient (Wildman–Crippen LogP) is 2.37. The van der Waals surface area contributed by atoms with Crippen molar-refractivity contribution in [3.05, 3.63) is 24.3 Å². The molecule has 0 bridgehead atoms. The molecule has 0 heterocycles. The van der Waals surface area contributed by atoms with Crippen molar-refractivity contribution in [1.82, 2.24) is 0 Å². The van der Waals surface area contributed by atoms with Crippen molar-refractivity contribution in [2.24, 2.45) is 0 Å². The van der Waals surface area contributed by atoms with Gasteiger partial charge in [-0.3, -0.25) is 0 Å². The van der Waals surface area contributed by atoms with Crippen molar-refractivity contribution in [1.29, 1.82) is 0 Å². The highest BCUT2D eigenvalue weighted by Crippen LogP contribution is 2.21. The number of nitrogen functional groups attached to an aromatic ring is 1. The summed E-state index contributed by atoms with van der Waals surface area (Å²) >= 11 is 0. The summed E-state index contributed by atoms with van der Waals surface area (Å²) in [7, 11) is 0. The number of benzene rings is 1. The third-order valence-electron chi connectivity index (χ3n) is 2.38. The van der Waals surface area contributed by atoms with Gasteiger partial charge in [0.2, 0.25) is 0 Å². The molecule has 0 spiro atoms. The minimum atomic E-state index is -4.17. The molecule has 0 fully saturated rings. The molecule has 0 aromatic heterocycles. The Morgan fingerprint density at radius 1 is 1.15 bits per heavy atom. The second-order valence-corrected chi connectivity index (χ2v) is 4.33. The second kappa shape index (κ2) is 7.96. The van der Waals surface area contributed by atoms with Crippen LogP contribution in [0.3, 0.4) is 0 Å². The van der Waals surface area contributed by atoms with Crippen molar-refractivity contribution in [3.8, 4) is 5.75 Å². The van der Waals surface area contributed by atoms with Gasteiger partial charge in [0, 0.05) is 18.7 Å². The molecule has 0 amide bonds. The quantitative estimate of drug-likeness (QED) is 0.570. The fourth-order valence-corrected chi connectivity index (χ4v) is 1.40. The summed E-state index contributed by atoms with van der Waals surface area (Å²) in [6, 6.07) is 6.64. The molecule has 1 aromatic carbocycles. The SMILES string of the molecule is Nc1ccc(OCC(O)COCCCC(F)(F)F)cc1. The van der Waals surface area contributed by atoms with E-state index in [4.69, 9.17) is 15.2 Å². The number of alkyl halides is 3. The Labute approximate surface area is 115 Å². The van der Waals surface area contributed by atoms with Crippen LogP contribution in [0.2, 0.25) is 0 Å². The zero-order valence-corrected chi connectivity index (χ0v) is 10.9. The van der Waals surface area contributed by atoms with E-state index in [0.717, 1.165) is 0 Å². The van der Waals surface area contributed by atoms with E-state index in [-0.39, 0.29) is 26.2 Å². The zero-order chi connectivity index (χ0) is 15.0. The molecule has 0 aliphatic rings. The molecule has 1 aromatic rings. The average Bonchev–Trinajstić information content (AvgIpc) is 2.36. The van der Waals surface area contributed by atoms with Crippen LogP contribution in [0.15, 0.2) is 24.3 Å². The lowest BCUT2D eigenvalue weighted by molar-refractivity contribution is -0.138. The molecule has 0 saturated heterocycles. The molecule has 0 aliphatic carbocycles. The standard InChI is InChI=1S/C13H18F3NO3/c14-13(15,16)6-1-7-19-8-11(18)9-20-12-4-2-10(17)3-5-12/h2-5,11,18H,1,6-9,17H2. The van der Waals surface area contributed by atoms with Crippen LogP contribution in [0.4, 0.5) is 18.9 Å². The topological polar surface area (TPSA) is 64.7 Å². The van der Waals surface area contributed by atoms with Crippen LogP contribution in [0.5, 0.6) is 5.75 Å². The van der Waals surface area contributed by atoms with Gasteiger partial charge < -0.3 is 20.3 Å². The third-order valence-corrected chi connectivity index (χ3v) is 2.38. The van der Waals surface area contributed by atoms with E-state index in [1.54, 1.807) is 24.3 Å². The minimum absolute atomic E-state index is 0.00316. The van der Waals surface area contributed by atoms with E-state index >= 15 is 0 Å². The normalized spacial score (nSPS) is 13.2. The summed E-state index contributed by atoms with van der Waals surface area (Å²) in [4.78, 5) is 0. The van der Waals surface area contributed by atoms with Crippen molar-refractivity contribution in [2.75, 3.05) is 25.6 Å². The van der Waals surface area contributed by atoms with Crippen LogP contribution in [-0.2, 0) is 4.74 Å². The largest absolute Gasteiger partial charge is 0.491 e. The second-order valence-electron chi connectivity index (χ2n) is 4.33. The van der Waals surface area contributed by atoms with E-state index in [9.17, 15) is 18.3 Å². The summed E-state index contributed by atoms with van der Waals surface area (Å²) in [5.41, 5.74) is 6.11. The number of anilines is 1. The van der Waals surface area contributed by atoms with E-state index in [1.807, 2.05) is 0 Å². The van der Waals surface area contributed by atoms with Crippen LogP contribution < -0.4 is 10.5 Å². The Morgan fingerprint density at radius 3 is 2.40 bits per heavy atom. The first-order valence-electron chi connectivity index (χ1n) is 6.18. The number of hydrogen-bond acceptors (Lipinski definition) is 4. The summed E-state index contributed by atoms with van der Waals surface area (Å²) in [5.74, 6) is 0.551. The van der Waals surface area contributed by atoms with Gasteiger partial charge in [-0.05, 0) is 30.7 Å². The van der Waals surface area contributed by atoms with E-state index < -0.39 is 18.7 Å². The van der Waals surface area contributed by atoms with Gasteiger partial charge in [-0.25, -0.2) is 0 Å². The number of hydrogen-bond donors (Lipinski definition) is 2. The molecule has 1 rings (SSSR count). The molecule has 1 atom stereocenters. The maximum Gasteiger partial charge on any atom is 0.389 e. The molecular weight excluding hydrogens is 275 g/mol. The summed E-state index contributed by atoms with van der Waals surface area (Å²) < 4.78 is 45.8. The van der Waals surface area contributed by atoms with Crippen molar-refractivity contribution >= 4 is 5.69 Å². The molecular formula is C13H18F3NO3. The lowest BCUT2D eigenvalue weighted by atomic mass is 10.3. The Morgan fingerprint density at radius 2 is 1.80 bits per heavy atom. The van der Waals surface area contributed by atoms with Crippen LogP contribution in [0.1, 0.15) is 12.8 Å². The first kappa shape index (κ1) is 16.6. The maximum absolute atomic E-state index is 11.8. The number of aliphatic hydroxyl groups is 1. The van der Waals surface area contributed by atoms with Crippen LogP contribution in [0.25, 0.3) is 0 Å². The first-order chi connectivity index (χ1) is 9.37. The van der Waals surface area contributed by atoms with Gasteiger partial charge in [0.15, 0.2) is 0 Å². The lowest BCUT2D eigenvalue weighted by Crippen LogP contribution is -2.24. The van der Waals surface area contributed by atoms with Crippen LogP contribution >= 0.6 is 0 Å². The molecule has 0 aliphatic heterocycles. The van der Waals surface area contributed by atoms with Gasteiger partial charge >= 0.3 is 6.18 Å². The van der Waals surface area contributed by atoms with Crippen molar-refractivity contribution in [3.63, 3.8) is 0 Å². The molecule has 3 N–H and O–H groups in total. The van der Waals surface area contributed by atoms with Gasteiger partial charge in [-0.1, -0.05) is 0 Å². The fourth-order valence-electron chi connectivity index (χ4n) is 1.40. The summed E-state index contributed by atoms with van der Waals surface area (Å²) in [5, 5.41) is 9.53. The van der Waals surface area contributed by atoms with Gasteiger partial charge in [-0.2, -0.15) is 13.2 Å². The number of rotatable bonds is 8. The molecule has 4 nitrogen and oxygen atoms in total. The number of ether oxygens (including phenoxy) is 2. The Bertz CT molecular complexity index is 381. The average molecular weight is 293 g/mol. The lowest BCUT2D eigenvalue weighted by Gasteiger charge is -2.13. The Balaban J connectivity index is 2.08. The zero-order valence-electron chi connectivity index (χ0n) is 10.9. The fraction of sp³-hybridized carbons (Fsp3) is 0.538. The van der Waals surface area contributed by atoms with Crippen LogP contribution in [0, 0.1) is 0 Å².